The molecule has 1 rings (SSSR count). The van der Waals surface area contributed by atoms with Gasteiger partial charge in [0.15, 0.2) is 0 Å². The van der Waals surface area contributed by atoms with Crippen LogP contribution in [-0.2, 0) is 18.1 Å². The molecule has 0 saturated carbocycles. The van der Waals surface area contributed by atoms with Gasteiger partial charge in [0.25, 0.3) is 0 Å². The third kappa shape index (κ3) is 5.17. The Balaban J connectivity index is 2.92. The Hall–Kier alpha value is -0.510. The highest BCUT2D eigenvalue weighted by Gasteiger charge is 2.28. The van der Waals surface area contributed by atoms with E-state index < -0.39 is 7.82 Å². The number of hydrogen-bond acceptors (Lipinski definition) is 4. The minimum atomic E-state index is -3.66. The van der Waals surface area contributed by atoms with Crippen LogP contribution in [-0.4, -0.2) is 13.2 Å². The molecular formula is C12H15Cl2O4P. The van der Waals surface area contributed by atoms with Crippen LogP contribution in [0.5, 0.6) is 0 Å². The standard InChI is InChI=1S/C12H15Cl2O4P/c1-3-16-19(15,17-4-2)18-12(9-13)10-5-7-11(14)8-6-10/h5-9H,3-4H2,1-2H3. The van der Waals surface area contributed by atoms with E-state index in [9.17, 15) is 4.57 Å². The molecule has 0 aromatic heterocycles. The fraction of sp³-hybridized carbons (Fsp3) is 0.333. The average molecular weight is 325 g/mol. The van der Waals surface area contributed by atoms with Gasteiger partial charge in [-0.3, -0.25) is 9.05 Å². The van der Waals surface area contributed by atoms with Gasteiger partial charge in [-0.1, -0.05) is 23.2 Å². The Morgan fingerprint density at radius 1 is 1.21 bits per heavy atom. The van der Waals surface area contributed by atoms with Crippen molar-refractivity contribution in [3.63, 3.8) is 0 Å². The molecule has 4 nitrogen and oxygen atoms in total. The summed E-state index contributed by atoms with van der Waals surface area (Å²) in [5.41, 5.74) is 1.80. The smallest absolute Gasteiger partial charge is 0.402 e. The van der Waals surface area contributed by atoms with E-state index in [2.05, 4.69) is 0 Å². The maximum atomic E-state index is 12.2. The third-order valence-electron chi connectivity index (χ3n) is 2.01. The van der Waals surface area contributed by atoms with Crippen LogP contribution in [0.4, 0.5) is 0 Å². The summed E-state index contributed by atoms with van der Waals surface area (Å²) in [6.07, 6.45) is 0. The SMILES string of the molecule is CCOP(=O)(OCC)OC(=CCl)c1ccc(Cl)cc1. The monoisotopic (exact) mass is 324 g/mol. The third-order valence-corrected chi connectivity index (χ3v) is 4.03. The Bertz CT molecular complexity index is 463. The van der Waals surface area contributed by atoms with Crippen molar-refractivity contribution in [2.75, 3.05) is 13.2 Å². The summed E-state index contributed by atoms with van der Waals surface area (Å²) in [6, 6.07) is 6.73. The molecule has 106 valence electrons. The van der Waals surface area contributed by atoms with Crippen LogP contribution in [0.25, 0.3) is 5.76 Å². The van der Waals surface area contributed by atoms with Crippen molar-refractivity contribution in [1.82, 2.24) is 0 Å². The topological polar surface area (TPSA) is 44.8 Å². The molecular weight excluding hydrogens is 310 g/mol. The van der Waals surface area contributed by atoms with Gasteiger partial charge in [0, 0.05) is 16.1 Å². The maximum absolute atomic E-state index is 12.2. The average Bonchev–Trinajstić information content (AvgIpc) is 2.38. The Kier molecular flexibility index (Phi) is 6.90. The summed E-state index contributed by atoms with van der Waals surface area (Å²) >= 11 is 11.5. The summed E-state index contributed by atoms with van der Waals surface area (Å²) in [5, 5.41) is 0.579. The van der Waals surface area contributed by atoms with E-state index in [0.717, 1.165) is 0 Å². The predicted octanol–water partition coefficient (Wildman–Crippen LogP) is 5.07. The molecule has 0 aliphatic carbocycles. The first kappa shape index (κ1) is 16.5. The molecule has 1 aromatic carbocycles. The highest BCUT2D eigenvalue weighted by atomic mass is 35.5. The van der Waals surface area contributed by atoms with Crippen molar-refractivity contribution in [3.05, 3.63) is 40.4 Å². The van der Waals surface area contributed by atoms with Gasteiger partial charge in [0.1, 0.15) is 5.76 Å². The van der Waals surface area contributed by atoms with Gasteiger partial charge in [-0.15, -0.1) is 0 Å². The number of phosphoric ester groups is 1. The van der Waals surface area contributed by atoms with Gasteiger partial charge in [-0.2, -0.15) is 0 Å². The molecule has 0 aliphatic rings. The van der Waals surface area contributed by atoms with Gasteiger partial charge < -0.3 is 4.52 Å². The van der Waals surface area contributed by atoms with Crippen LogP contribution < -0.4 is 0 Å². The maximum Gasteiger partial charge on any atom is 0.530 e. The second-order valence-electron chi connectivity index (χ2n) is 3.35. The first-order valence-corrected chi connectivity index (χ1v) is 7.97. The lowest BCUT2D eigenvalue weighted by Gasteiger charge is -2.18. The van der Waals surface area contributed by atoms with E-state index in [4.69, 9.17) is 36.8 Å². The number of benzene rings is 1. The summed E-state index contributed by atoms with van der Waals surface area (Å²) in [5.74, 6) is 0.198. The minimum Gasteiger partial charge on any atom is -0.402 e. The van der Waals surface area contributed by atoms with Crippen molar-refractivity contribution >= 4 is 36.8 Å². The molecule has 0 atom stereocenters. The number of phosphoric acid groups is 1. The number of rotatable bonds is 7. The largest absolute Gasteiger partial charge is 0.530 e. The summed E-state index contributed by atoms with van der Waals surface area (Å²) in [4.78, 5) is 0. The fourth-order valence-electron chi connectivity index (χ4n) is 1.28. The number of halogens is 2. The van der Waals surface area contributed by atoms with Gasteiger partial charge in [0.2, 0.25) is 0 Å². The van der Waals surface area contributed by atoms with Gasteiger partial charge in [-0.05, 0) is 38.1 Å². The lowest BCUT2D eigenvalue weighted by Crippen LogP contribution is -2.00. The molecule has 0 fully saturated rings. The van der Waals surface area contributed by atoms with Crippen molar-refractivity contribution in [1.29, 1.82) is 0 Å². The molecule has 0 spiro atoms. The van der Waals surface area contributed by atoms with Gasteiger partial charge in [-0.25, -0.2) is 4.57 Å². The lowest BCUT2D eigenvalue weighted by molar-refractivity contribution is 0.159. The Morgan fingerprint density at radius 2 is 1.74 bits per heavy atom. The van der Waals surface area contributed by atoms with Crippen molar-refractivity contribution in [2.24, 2.45) is 0 Å². The first-order chi connectivity index (χ1) is 9.04. The highest BCUT2D eigenvalue weighted by Crippen LogP contribution is 2.52. The summed E-state index contributed by atoms with van der Waals surface area (Å²) in [6.45, 7) is 3.80. The minimum absolute atomic E-state index is 0.198. The summed E-state index contributed by atoms with van der Waals surface area (Å²) in [7, 11) is -3.66. The molecule has 0 aliphatic heterocycles. The van der Waals surface area contributed by atoms with E-state index in [-0.39, 0.29) is 19.0 Å². The van der Waals surface area contributed by atoms with E-state index in [1.807, 2.05) is 0 Å². The van der Waals surface area contributed by atoms with E-state index in [0.29, 0.717) is 10.6 Å². The molecule has 0 heterocycles. The lowest BCUT2D eigenvalue weighted by atomic mass is 10.2. The first-order valence-electron chi connectivity index (χ1n) is 5.69. The van der Waals surface area contributed by atoms with Gasteiger partial charge in [0.05, 0.1) is 13.2 Å². The van der Waals surface area contributed by atoms with E-state index in [1.54, 1.807) is 38.1 Å². The van der Waals surface area contributed by atoms with Crippen LogP contribution in [0.15, 0.2) is 29.8 Å². The highest BCUT2D eigenvalue weighted by molar-refractivity contribution is 7.48. The second kappa shape index (κ2) is 7.93. The molecule has 0 N–H and O–H groups in total. The Labute approximate surface area is 122 Å². The molecule has 0 amide bonds. The van der Waals surface area contributed by atoms with Crippen molar-refractivity contribution < 1.29 is 18.1 Å². The van der Waals surface area contributed by atoms with Crippen molar-refractivity contribution in [2.45, 2.75) is 13.8 Å². The molecule has 7 heteroatoms. The zero-order valence-electron chi connectivity index (χ0n) is 10.6. The Morgan fingerprint density at radius 3 is 2.16 bits per heavy atom. The molecule has 1 aromatic rings. The van der Waals surface area contributed by atoms with Crippen LogP contribution in [0.2, 0.25) is 5.02 Å². The molecule has 0 radical (unpaired) electrons. The predicted molar refractivity (Wildman–Crippen MR) is 77.2 cm³/mol. The van der Waals surface area contributed by atoms with Crippen molar-refractivity contribution in [3.8, 4) is 0 Å². The molecule has 0 unspecified atom stereocenters. The fourth-order valence-corrected chi connectivity index (χ4v) is 2.85. The second-order valence-corrected chi connectivity index (χ2v) is 5.60. The van der Waals surface area contributed by atoms with E-state index in [1.165, 1.54) is 5.54 Å². The van der Waals surface area contributed by atoms with Crippen LogP contribution >= 0.6 is 31.0 Å². The van der Waals surface area contributed by atoms with Crippen LogP contribution in [0, 0.1) is 0 Å². The molecule has 0 bridgehead atoms. The zero-order valence-corrected chi connectivity index (χ0v) is 13.0. The van der Waals surface area contributed by atoms with Crippen LogP contribution in [0.1, 0.15) is 19.4 Å². The number of hydrogen-bond donors (Lipinski definition) is 0. The van der Waals surface area contributed by atoms with E-state index >= 15 is 0 Å². The normalized spacial score (nSPS) is 12.5. The zero-order chi connectivity index (χ0) is 14.3. The molecule has 19 heavy (non-hydrogen) atoms. The van der Waals surface area contributed by atoms with Crippen LogP contribution in [0.3, 0.4) is 0 Å². The molecule has 0 saturated heterocycles. The quantitative estimate of drug-likeness (QED) is 0.518. The van der Waals surface area contributed by atoms with Gasteiger partial charge >= 0.3 is 7.82 Å². The summed E-state index contributed by atoms with van der Waals surface area (Å²) < 4.78 is 27.6.